The van der Waals surface area contributed by atoms with E-state index in [1.54, 1.807) is 10.9 Å². The number of hydrogen-bond acceptors (Lipinski definition) is 5. The lowest BCUT2D eigenvalue weighted by Crippen LogP contribution is -2.43. The standard InChI is InChI=1S/C21H23N3O2S/c1-13-9-19-20(27-13)21(25)24(12-22-19)14-5-7-17(8-6-14)26-18-10-15-3-4-16(11-18)23(15)2/h5-9,12,15-16,18H,3-4,10-11H2,1-2H3/t15-,16+,18-. The van der Waals surface area contributed by atoms with Crippen LogP contribution < -0.4 is 10.3 Å². The van der Waals surface area contributed by atoms with E-state index in [-0.39, 0.29) is 5.56 Å². The van der Waals surface area contributed by atoms with Gasteiger partial charge >= 0.3 is 0 Å². The molecule has 2 aliphatic rings. The summed E-state index contributed by atoms with van der Waals surface area (Å²) in [4.78, 5) is 20.8. The lowest BCUT2D eigenvalue weighted by atomic mass is 10.0. The summed E-state index contributed by atoms with van der Waals surface area (Å²) in [5, 5.41) is 0. The van der Waals surface area contributed by atoms with Crippen molar-refractivity contribution in [1.82, 2.24) is 14.5 Å². The lowest BCUT2D eigenvalue weighted by Gasteiger charge is -2.36. The van der Waals surface area contributed by atoms with Crippen molar-refractivity contribution in [2.45, 2.75) is 50.8 Å². The van der Waals surface area contributed by atoms with Crippen molar-refractivity contribution in [3.8, 4) is 11.4 Å². The summed E-state index contributed by atoms with van der Waals surface area (Å²) in [6.07, 6.45) is 6.70. The molecule has 2 bridgehead atoms. The summed E-state index contributed by atoms with van der Waals surface area (Å²) in [6, 6.07) is 11.1. The third-order valence-electron chi connectivity index (χ3n) is 6.03. The third-order valence-corrected chi connectivity index (χ3v) is 7.06. The molecule has 4 heterocycles. The summed E-state index contributed by atoms with van der Waals surface area (Å²) in [7, 11) is 2.24. The van der Waals surface area contributed by atoms with Crippen LogP contribution in [0.3, 0.4) is 0 Å². The highest BCUT2D eigenvalue weighted by molar-refractivity contribution is 7.18. The maximum absolute atomic E-state index is 12.8. The van der Waals surface area contributed by atoms with E-state index >= 15 is 0 Å². The molecule has 3 atom stereocenters. The first-order chi connectivity index (χ1) is 13.1. The Morgan fingerprint density at radius 3 is 2.56 bits per heavy atom. The Morgan fingerprint density at radius 1 is 1.15 bits per heavy atom. The molecule has 0 amide bonds. The predicted octanol–water partition coefficient (Wildman–Crippen LogP) is 3.76. The average molecular weight is 382 g/mol. The molecule has 5 nitrogen and oxygen atoms in total. The number of fused-ring (bicyclic) bond motifs is 3. The molecule has 0 aliphatic carbocycles. The van der Waals surface area contributed by atoms with E-state index < -0.39 is 0 Å². The molecule has 2 aromatic heterocycles. The fraction of sp³-hybridized carbons (Fsp3) is 0.429. The molecule has 6 heteroatoms. The number of aromatic nitrogens is 2. The van der Waals surface area contributed by atoms with Gasteiger partial charge in [0.15, 0.2) is 0 Å². The number of hydrogen-bond donors (Lipinski definition) is 0. The largest absolute Gasteiger partial charge is 0.490 e. The van der Waals surface area contributed by atoms with Gasteiger partial charge in [-0.2, -0.15) is 0 Å². The van der Waals surface area contributed by atoms with Crippen LogP contribution in [0.2, 0.25) is 0 Å². The minimum absolute atomic E-state index is 0.0151. The van der Waals surface area contributed by atoms with Crippen molar-refractivity contribution in [3.63, 3.8) is 0 Å². The zero-order valence-electron chi connectivity index (χ0n) is 15.6. The molecule has 2 saturated heterocycles. The molecule has 0 saturated carbocycles. The van der Waals surface area contributed by atoms with Crippen LogP contribution in [0, 0.1) is 6.92 Å². The van der Waals surface area contributed by atoms with Gasteiger partial charge in [-0.15, -0.1) is 11.3 Å². The molecule has 2 fully saturated rings. The monoisotopic (exact) mass is 381 g/mol. The van der Waals surface area contributed by atoms with Crippen LogP contribution in [0.25, 0.3) is 15.9 Å². The summed E-state index contributed by atoms with van der Waals surface area (Å²) in [6.45, 7) is 2.00. The highest BCUT2D eigenvalue weighted by Crippen LogP contribution is 2.36. The van der Waals surface area contributed by atoms with Crippen LogP contribution in [0.5, 0.6) is 5.75 Å². The van der Waals surface area contributed by atoms with E-state index in [0.717, 1.165) is 34.7 Å². The van der Waals surface area contributed by atoms with Gasteiger partial charge in [-0.3, -0.25) is 9.36 Å². The fourth-order valence-corrected chi connectivity index (χ4v) is 5.45. The number of aryl methyl sites for hydroxylation is 1. The molecule has 2 aliphatic heterocycles. The van der Waals surface area contributed by atoms with Gasteiger partial charge in [0.25, 0.3) is 5.56 Å². The van der Waals surface area contributed by atoms with Gasteiger partial charge in [0.1, 0.15) is 22.9 Å². The Kier molecular flexibility index (Phi) is 4.06. The second-order valence-electron chi connectivity index (χ2n) is 7.75. The fourth-order valence-electron chi connectivity index (χ4n) is 4.55. The molecule has 3 aromatic rings. The first-order valence-corrected chi connectivity index (χ1v) is 10.4. The van der Waals surface area contributed by atoms with E-state index in [2.05, 4.69) is 16.9 Å². The van der Waals surface area contributed by atoms with Crippen molar-refractivity contribution >= 4 is 21.6 Å². The normalized spacial score (nSPS) is 25.2. The minimum Gasteiger partial charge on any atom is -0.490 e. The van der Waals surface area contributed by atoms with Crippen molar-refractivity contribution in [1.29, 1.82) is 0 Å². The Labute approximate surface area is 162 Å². The predicted molar refractivity (Wildman–Crippen MR) is 108 cm³/mol. The Hall–Kier alpha value is -2.18. The first kappa shape index (κ1) is 17.0. The number of ether oxygens (including phenoxy) is 1. The highest BCUT2D eigenvalue weighted by Gasteiger charge is 2.39. The lowest BCUT2D eigenvalue weighted by molar-refractivity contribution is 0.0662. The minimum atomic E-state index is -0.0151. The van der Waals surface area contributed by atoms with E-state index in [1.807, 2.05) is 37.3 Å². The molecule has 0 radical (unpaired) electrons. The summed E-state index contributed by atoms with van der Waals surface area (Å²) in [5.41, 5.74) is 1.57. The van der Waals surface area contributed by atoms with Gasteiger partial charge in [-0.25, -0.2) is 4.98 Å². The topological polar surface area (TPSA) is 47.4 Å². The first-order valence-electron chi connectivity index (χ1n) is 9.55. The van der Waals surface area contributed by atoms with Crippen LogP contribution in [-0.4, -0.2) is 39.7 Å². The molecule has 5 rings (SSSR count). The molecule has 1 aromatic carbocycles. The maximum atomic E-state index is 12.8. The number of rotatable bonds is 3. The summed E-state index contributed by atoms with van der Waals surface area (Å²) in [5.74, 6) is 0.877. The number of thiophene rings is 1. The quantitative estimate of drug-likeness (QED) is 0.693. The third kappa shape index (κ3) is 2.97. The van der Waals surface area contributed by atoms with Crippen molar-refractivity contribution in [2.75, 3.05) is 7.05 Å². The number of benzene rings is 1. The van der Waals surface area contributed by atoms with E-state index in [0.29, 0.717) is 22.9 Å². The number of piperidine rings is 1. The van der Waals surface area contributed by atoms with Gasteiger partial charge in [-0.1, -0.05) is 0 Å². The van der Waals surface area contributed by atoms with Gasteiger partial charge in [0, 0.05) is 17.0 Å². The van der Waals surface area contributed by atoms with Crippen LogP contribution in [-0.2, 0) is 0 Å². The molecular formula is C21H23N3O2S. The van der Waals surface area contributed by atoms with E-state index in [9.17, 15) is 4.79 Å². The van der Waals surface area contributed by atoms with Gasteiger partial charge in [0.05, 0.1) is 11.2 Å². The summed E-state index contributed by atoms with van der Waals surface area (Å²) >= 11 is 1.50. The Balaban J connectivity index is 1.36. The van der Waals surface area contributed by atoms with Crippen molar-refractivity contribution in [2.24, 2.45) is 0 Å². The van der Waals surface area contributed by atoms with Gasteiger partial charge < -0.3 is 9.64 Å². The number of nitrogens with zero attached hydrogens (tertiary/aromatic N) is 3. The second kappa shape index (κ2) is 6.46. The molecule has 140 valence electrons. The zero-order valence-corrected chi connectivity index (χ0v) is 16.4. The Bertz CT molecular complexity index is 1030. The SMILES string of the molecule is Cc1cc2ncn(-c3ccc(O[C@@H]4C[C@H]5CC[C@@H](C4)N5C)cc3)c(=O)c2s1. The Morgan fingerprint density at radius 2 is 1.85 bits per heavy atom. The van der Waals surface area contributed by atoms with Gasteiger partial charge in [0.2, 0.25) is 0 Å². The van der Waals surface area contributed by atoms with Crippen molar-refractivity contribution in [3.05, 3.63) is 51.9 Å². The molecule has 0 N–H and O–H groups in total. The zero-order chi connectivity index (χ0) is 18.5. The smallest absolute Gasteiger partial charge is 0.275 e. The van der Waals surface area contributed by atoms with E-state index in [4.69, 9.17) is 4.74 Å². The van der Waals surface area contributed by atoms with Crippen LogP contribution in [0.15, 0.2) is 41.5 Å². The van der Waals surface area contributed by atoms with Crippen molar-refractivity contribution < 1.29 is 4.74 Å². The van der Waals surface area contributed by atoms with Crippen LogP contribution >= 0.6 is 11.3 Å². The average Bonchev–Trinajstić information content (AvgIpc) is 3.12. The van der Waals surface area contributed by atoms with Crippen LogP contribution in [0.1, 0.15) is 30.6 Å². The molecule has 0 unspecified atom stereocenters. The van der Waals surface area contributed by atoms with Gasteiger partial charge in [-0.05, 0) is 70.0 Å². The molecule has 27 heavy (non-hydrogen) atoms. The van der Waals surface area contributed by atoms with E-state index in [1.165, 1.54) is 24.2 Å². The second-order valence-corrected chi connectivity index (χ2v) is 9.00. The summed E-state index contributed by atoms with van der Waals surface area (Å²) < 4.78 is 8.57. The highest BCUT2D eigenvalue weighted by atomic mass is 32.1. The van der Waals surface area contributed by atoms with Crippen LogP contribution in [0.4, 0.5) is 0 Å². The molecular weight excluding hydrogens is 358 g/mol. The maximum Gasteiger partial charge on any atom is 0.275 e. The molecule has 0 spiro atoms.